The number of nitrogens with zero attached hydrogens (tertiary/aromatic N) is 1. The monoisotopic (exact) mass is 286 g/mol. The van der Waals surface area contributed by atoms with Gasteiger partial charge in [0.25, 0.3) is 0 Å². The van der Waals surface area contributed by atoms with Crippen LogP contribution in [0, 0.1) is 5.92 Å². The second kappa shape index (κ2) is 6.92. The molecule has 1 aliphatic rings. The summed E-state index contributed by atoms with van der Waals surface area (Å²) in [6.45, 7) is 6.91. The van der Waals surface area contributed by atoms with E-state index in [9.17, 15) is 14.7 Å². The second-order valence-corrected chi connectivity index (χ2v) is 6.50. The number of aliphatic carboxylic acids is 1. The van der Waals surface area contributed by atoms with Crippen LogP contribution in [-0.2, 0) is 9.53 Å². The molecule has 1 amide bonds. The number of carbonyl (C=O) groups excluding carboxylic acids is 2. The number of likely N-dealkylation sites (tertiary alicyclic amines) is 1. The van der Waals surface area contributed by atoms with Crippen LogP contribution in [0.2, 0.25) is 0 Å². The van der Waals surface area contributed by atoms with Crippen LogP contribution >= 0.6 is 0 Å². The van der Waals surface area contributed by atoms with Gasteiger partial charge in [0.2, 0.25) is 0 Å². The maximum Gasteiger partial charge on any atom is 0.410 e. The van der Waals surface area contributed by atoms with Crippen molar-refractivity contribution in [2.24, 2.45) is 5.92 Å². The fourth-order valence-corrected chi connectivity index (χ4v) is 2.29. The Morgan fingerprint density at radius 1 is 1.35 bits per heavy atom. The molecule has 0 saturated carbocycles. The van der Waals surface area contributed by atoms with Gasteiger partial charge in [-0.05, 0) is 46.0 Å². The Hall–Kier alpha value is -1.30. The molecule has 0 spiro atoms. The lowest BCUT2D eigenvalue weighted by Gasteiger charge is -2.33. The van der Waals surface area contributed by atoms with Gasteiger partial charge in [0.15, 0.2) is 0 Å². The van der Waals surface area contributed by atoms with Crippen LogP contribution in [0.5, 0.6) is 0 Å². The minimum atomic E-state index is -1.09. The molecule has 0 aromatic carbocycles. The van der Waals surface area contributed by atoms with Crippen molar-refractivity contribution in [3.63, 3.8) is 0 Å². The first kappa shape index (κ1) is 16.8. The Balaban J connectivity index is 2.29. The van der Waals surface area contributed by atoms with E-state index in [1.807, 2.05) is 20.8 Å². The third-order valence-electron chi connectivity index (χ3n) is 3.52. The molecule has 0 bridgehead atoms. The third kappa shape index (κ3) is 5.77. The fraction of sp³-hybridized carbons (Fsp3) is 0.857. The summed E-state index contributed by atoms with van der Waals surface area (Å²) >= 11 is 0. The first-order chi connectivity index (χ1) is 9.19. The molecule has 20 heavy (non-hydrogen) atoms. The molecule has 0 unspecified atom stereocenters. The number of hydrogen-bond donors (Lipinski definition) is 1. The molecule has 0 aromatic rings. The van der Waals surface area contributed by atoms with Gasteiger partial charge in [-0.15, -0.1) is 0 Å². The number of rotatable bonds is 4. The first-order valence-corrected chi connectivity index (χ1v) is 7.21. The van der Waals surface area contributed by atoms with Crippen molar-refractivity contribution in [2.75, 3.05) is 13.1 Å². The molecule has 3 N–H and O–H groups in total. The van der Waals surface area contributed by atoms with Gasteiger partial charge in [-0.2, -0.15) is 0 Å². The summed E-state index contributed by atoms with van der Waals surface area (Å²) in [5.41, 5.74) is 3.09. The number of quaternary nitrogens is 1. The molecule has 1 rings (SSSR count). The largest absolute Gasteiger partial charge is 0.544 e. The number of carbonyl (C=O) groups is 2. The van der Waals surface area contributed by atoms with E-state index in [0.717, 1.165) is 19.3 Å². The predicted octanol–water partition coefficient (Wildman–Crippen LogP) is -0.226. The zero-order chi connectivity index (χ0) is 15.3. The highest BCUT2D eigenvalue weighted by Crippen LogP contribution is 2.23. The minimum absolute atomic E-state index is 0.263. The highest BCUT2D eigenvalue weighted by atomic mass is 16.6. The first-order valence-electron chi connectivity index (χ1n) is 7.21. The maximum atomic E-state index is 11.9. The number of carboxylic acid groups (broad SMARTS) is 1. The van der Waals surface area contributed by atoms with Gasteiger partial charge in [0.05, 0.1) is 5.97 Å². The summed E-state index contributed by atoms with van der Waals surface area (Å²) in [5.74, 6) is -0.631. The second-order valence-electron chi connectivity index (χ2n) is 6.50. The highest BCUT2D eigenvalue weighted by Gasteiger charge is 2.27. The number of ether oxygens (including phenoxy) is 1. The molecule has 6 nitrogen and oxygen atoms in total. The quantitative estimate of drug-likeness (QED) is 0.772. The lowest BCUT2D eigenvalue weighted by Crippen LogP contribution is -2.68. The van der Waals surface area contributed by atoms with Crippen molar-refractivity contribution in [1.29, 1.82) is 0 Å². The summed E-state index contributed by atoms with van der Waals surface area (Å²) in [6.07, 6.45) is 2.88. The average Bonchev–Trinajstić information content (AvgIpc) is 2.34. The van der Waals surface area contributed by atoms with Crippen molar-refractivity contribution >= 4 is 12.1 Å². The van der Waals surface area contributed by atoms with Gasteiger partial charge in [-0.25, -0.2) is 4.79 Å². The molecule has 1 aliphatic heterocycles. The zero-order valence-corrected chi connectivity index (χ0v) is 12.7. The van der Waals surface area contributed by atoms with Crippen LogP contribution in [-0.4, -0.2) is 41.7 Å². The van der Waals surface area contributed by atoms with E-state index in [2.05, 4.69) is 5.73 Å². The lowest BCUT2D eigenvalue weighted by molar-refractivity contribution is -0.438. The van der Waals surface area contributed by atoms with Gasteiger partial charge in [-0.1, -0.05) is 0 Å². The molecular formula is C14H26N2O4. The van der Waals surface area contributed by atoms with Crippen LogP contribution in [0.15, 0.2) is 0 Å². The number of hydrogen-bond acceptors (Lipinski definition) is 4. The van der Waals surface area contributed by atoms with Crippen molar-refractivity contribution in [1.82, 2.24) is 4.90 Å². The molecule has 0 radical (unpaired) electrons. The summed E-state index contributed by atoms with van der Waals surface area (Å²) in [6, 6.07) is -0.640. The fourth-order valence-electron chi connectivity index (χ4n) is 2.29. The molecule has 116 valence electrons. The molecule has 1 heterocycles. The molecule has 0 aromatic heterocycles. The van der Waals surface area contributed by atoms with Crippen molar-refractivity contribution in [3.8, 4) is 0 Å². The van der Waals surface area contributed by atoms with Crippen LogP contribution in [0.3, 0.4) is 0 Å². The van der Waals surface area contributed by atoms with E-state index in [-0.39, 0.29) is 6.09 Å². The number of amides is 1. The molecule has 6 heteroatoms. The van der Waals surface area contributed by atoms with Crippen LogP contribution in [0.25, 0.3) is 0 Å². The Morgan fingerprint density at radius 2 is 1.90 bits per heavy atom. The summed E-state index contributed by atoms with van der Waals surface area (Å²) < 4.78 is 5.33. The lowest BCUT2D eigenvalue weighted by atomic mass is 9.91. The smallest absolute Gasteiger partial charge is 0.410 e. The molecular weight excluding hydrogens is 260 g/mol. The number of piperidine rings is 1. The van der Waals surface area contributed by atoms with E-state index in [0.29, 0.717) is 25.4 Å². The van der Waals surface area contributed by atoms with Crippen molar-refractivity contribution in [3.05, 3.63) is 0 Å². The third-order valence-corrected chi connectivity index (χ3v) is 3.52. The zero-order valence-electron chi connectivity index (χ0n) is 12.7. The van der Waals surface area contributed by atoms with Gasteiger partial charge < -0.3 is 25.3 Å². The minimum Gasteiger partial charge on any atom is -0.544 e. The van der Waals surface area contributed by atoms with Crippen LogP contribution < -0.4 is 10.8 Å². The van der Waals surface area contributed by atoms with E-state index in [1.165, 1.54) is 0 Å². The average molecular weight is 286 g/mol. The van der Waals surface area contributed by atoms with Gasteiger partial charge >= 0.3 is 6.09 Å². The van der Waals surface area contributed by atoms with Crippen LogP contribution in [0.4, 0.5) is 4.79 Å². The topological polar surface area (TPSA) is 97.3 Å². The van der Waals surface area contributed by atoms with E-state index >= 15 is 0 Å². The number of carboxylic acids is 1. The Labute approximate surface area is 120 Å². The van der Waals surface area contributed by atoms with E-state index < -0.39 is 17.6 Å². The Kier molecular flexibility index (Phi) is 5.80. The molecule has 0 aliphatic carbocycles. The molecule has 1 fully saturated rings. The predicted molar refractivity (Wildman–Crippen MR) is 71.4 cm³/mol. The van der Waals surface area contributed by atoms with E-state index in [1.54, 1.807) is 4.90 Å². The van der Waals surface area contributed by atoms with E-state index in [4.69, 9.17) is 4.74 Å². The summed E-state index contributed by atoms with van der Waals surface area (Å²) in [7, 11) is 0. The van der Waals surface area contributed by atoms with Crippen molar-refractivity contribution < 1.29 is 25.2 Å². The SMILES string of the molecule is CC(C)(C)OC(=O)N1CCC(CC[C@@H]([NH3+])C(=O)[O-])CC1. The maximum absolute atomic E-state index is 11.9. The normalized spacial score (nSPS) is 18.7. The highest BCUT2D eigenvalue weighted by molar-refractivity contribution is 5.69. The van der Waals surface area contributed by atoms with Gasteiger partial charge in [-0.3, -0.25) is 0 Å². The standard InChI is InChI=1S/C14H26N2O4/c1-14(2,3)20-13(19)16-8-6-10(7-9-16)4-5-11(15)12(17)18/h10-11H,4-9,15H2,1-3H3,(H,17,18)/t11-/m1/s1. The molecule has 1 saturated heterocycles. The Morgan fingerprint density at radius 3 is 2.35 bits per heavy atom. The Bertz CT molecular complexity index is 344. The summed E-state index contributed by atoms with van der Waals surface area (Å²) in [5, 5.41) is 10.6. The van der Waals surface area contributed by atoms with Crippen molar-refractivity contribution in [2.45, 2.75) is 58.1 Å². The summed E-state index contributed by atoms with van der Waals surface area (Å²) in [4.78, 5) is 24.2. The van der Waals surface area contributed by atoms with Crippen LogP contribution in [0.1, 0.15) is 46.5 Å². The van der Waals surface area contributed by atoms with Gasteiger partial charge in [0.1, 0.15) is 11.6 Å². The van der Waals surface area contributed by atoms with Gasteiger partial charge in [0, 0.05) is 19.5 Å². The molecule has 1 atom stereocenters.